The number of carbonyl (C=O) groups is 2. The first kappa shape index (κ1) is 29.7. The van der Waals surface area contributed by atoms with E-state index in [-0.39, 0.29) is 37.2 Å². The van der Waals surface area contributed by atoms with Crippen molar-refractivity contribution in [2.24, 2.45) is 5.92 Å². The number of nitrogens with one attached hydrogen (secondary N) is 2. The summed E-state index contributed by atoms with van der Waals surface area (Å²) in [6.07, 6.45) is 2.16. The van der Waals surface area contributed by atoms with E-state index in [9.17, 15) is 19.5 Å². The summed E-state index contributed by atoms with van der Waals surface area (Å²) in [4.78, 5) is 48.4. The second-order valence-corrected chi connectivity index (χ2v) is 10.4. The van der Waals surface area contributed by atoms with Gasteiger partial charge in [0.15, 0.2) is 0 Å². The van der Waals surface area contributed by atoms with Crippen molar-refractivity contribution in [3.05, 3.63) is 88.0 Å². The standard InChI is InChI=1S/C30H40N4O5/c1-21(2)18-19-26(35)33(34-29(37)27(22(3)4)31-30(34)38)25(17-11-16-23-12-7-5-8-13-23)28(36)32-39-20-24-14-9-6-10-15-24/h5-10,12-15,21-22,25,37H,11,16-20H2,1-4H3,(H,31,38)(H,32,36)/t25-/m0/s1. The Hall–Kier alpha value is -3.85. The molecule has 3 aromatic rings. The predicted molar refractivity (Wildman–Crippen MR) is 151 cm³/mol. The molecule has 1 heterocycles. The van der Waals surface area contributed by atoms with Crippen LogP contribution in [-0.4, -0.2) is 32.6 Å². The van der Waals surface area contributed by atoms with Crippen molar-refractivity contribution in [3.8, 4) is 5.88 Å². The summed E-state index contributed by atoms with van der Waals surface area (Å²) in [5.74, 6) is -1.35. The first-order valence-corrected chi connectivity index (χ1v) is 13.5. The van der Waals surface area contributed by atoms with E-state index in [1.165, 1.54) is 0 Å². The van der Waals surface area contributed by atoms with Crippen molar-refractivity contribution < 1.29 is 19.5 Å². The van der Waals surface area contributed by atoms with Crippen LogP contribution >= 0.6 is 0 Å². The molecule has 0 unspecified atom stereocenters. The molecule has 1 atom stereocenters. The number of aromatic nitrogens is 2. The molecule has 0 aliphatic carbocycles. The second kappa shape index (κ2) is 14.3. The summed E-state index contributed by atoms with van der Waals surface area (Å²) < 4.78 is 0.905. The average Bonchev–Trinajstić information content (AvgIpc) is 3.21. The van der Waals surface area contributed by atoms with Gasteiger partial charge in [0.25, 0.3) is 5.91 Å². The van der Waals surface area contributed by atoms with Gasteiger partial charge in [-0.25, -0.2) is 15.3 Å². The Labute approximate surface area is 229 Å². The number of H-pyrrole nitrogens is 1. The van der Waals surface area contributed by atoms with Gasteiger partial charge in [0.2, 0.25) is 11.8 Å². The Morgan fingerprint density at radius 3 is 2.15 bits per heavy atom. The van der Waals surface area contributed by atoms with E-state index < -0.39 is 23.5 Å². The number of aromatic amines is 1. The number of rotatable bonds is 14. The van der Waals surface area contributed by atoms with E-state index in [0.29, 0.717) is 25.0 Å². The van der Waals surface area contributed by atoms with Gasteiger partial charge in [0.05, 0.1) is 12.3 Å². The zero-order valence-corrected chi connectivity index (χ0v) is 23.2. The van der Waals surface area contributed by atoms with Gasteiger partial charge in [-0.1, -0.05) is 88.4 Å². The lowest BCUT2D eigenvalue weighted by molar-refractivity contribution is -0.138. The maximum atomic E-state index is 13.6. The molecule has 0 bridgehead atoms. The van der Waals surface area contributed by atoms with Crippen LogP contribution in [0, 0.1) is 5.92 Å². The molecule has 0 radical (unpaired) electrons. The topological polar surface area (TPSA) is 117 Å². The molecule has 0 saturated heterocycles. The number of hydroxylamine groups is 1. The normalized spacial score (nSPS) is 12.1. The first-order chi connectivity index (χ1) is 18.7. The third kappa shape index (κ3) is 8.32. The van der Waals surface area contributed by atoms with Crippen LogP contribution in [0.5, 0.6) is 5.88 Å². The number of benzene rings is 2. The molecule has 0 fully saturated rings. The minimum atomic E-state index is -1.09. The van der Waals surface area contributed by atoms with Crippen molar-refractivity contribution in [2.45, 2.75) is 78.4 Å². The van der Waals surface area contributed by atoms with Crippen LogP contribution in [0.1, 0.15) is 76.1 Å². The lowest BCUT2D eigenvalue weighted by Gasteiger charge is -2.31. The van der Waals surface area contributed by atoms with Gasteiger partial charge in [0, 0.05) is 6.42 Å². The Kier molecular flexibility index (Phi) is 10.9. The predicted octanol–water partition coefficient (Wildman–Crippen LogP) is 4.55. The fourth-order valence-corrected chi connectivity index (χ4v) is 4.33. The van der Waals surface area contributed by atoms with E-state index in [4.69, 9.17) is 4.84 Å². The van der Waals surface area contributed by atoms with Crippen molar-refractivity contribution in [1.29, 1.82) is 0 Å². The minimum Gasteiger partial charge on any atom is -0.492 e. The number of imidazole rings is 1. The summed E-state index contributed by atoms with van der Waals surface area (Å²) in [5.41, 5.74) is 4.06. The first-order valence-electron chi connectivity index (χ1n) is 13.5. The molecule has 0 aliphatic rings. The summed E-state index contributed by atoms with van der Waals surface area (Å²) >= 11 is 0. The highest BCUT2D eigenvalue weighted by Gasteiger charge is 2.35. The Morgan fingerprint density at radius 1 is 0.974 bits per heavy atom. The zero-order valence-electron chi connectivity index (χ0n) is 23.2. The van der Waals surface area contributed by atoms with Gasteiger partial charge >= 0.3 is 5.69 Å². The number of aromatic hydroxyl groups is 1. The molecular formula is C30H40N4O5. The van der Waals surface area contributed by atoms with Gasteiger partial charge in [-0.2, -0.15) is 4.68 Å². The van der Waals surface area contributed by atoms with Gasteiger partial charge in [0.1, 0.15) is 6.04 Å². The molecule has 0 spiro atoms. The number of amides is 2. The molecule has 2 aromatic carbocycles. The lowest BCUT2D eigenvalue weighted by Crippen LogP contribution is -2.57. The third-order valence-electron chi connectivity index (χ3n) is 6.50. The quantitative estimate of drug-likeness (QED) is 0.262. The maximum Gasteiger partial charge on any atom is 0.348 e. The number of hydrogen-bond acceptors (Lipinski definition) is 5. The van der Waals surface area contributed by atoms with E-state index >= 15 is 0 Å². The number of nitrogens with zero attached hydrogens (tertiary/aromatic N) is 2. The van der Waals surface area contributed by atoms with Crippen molar-refractivity contribution in [1.82, 2.24) is 15.1 Å². The Balaban J connectivity index is 1.92. The van der Waals surface area contributed by atoms with Crippen LogP contribution in [0.2, 0.25) is 0 Å². The zero-order chi connectivity index (χ0) is 28.4. The molecule has 9 nitrogen and oxygen atoms in total. The molecule has 1 aromatic heterocycles. The van der Waals surface area contributed by atoms with Crippen LogP contribution in [0.4, 0.5) is 0 Å². The highest BCUT2D eigenvalue weighted by Crippen LogP contribution is 2.24. The maximum absolute atomic E-state index is 13.6. The van der Waals surface area contributed by atoms with Crippen molar-refractivity contribution in [2.75, 3.05) is 5.01 Å². The molecule has 2 amide bonds. The number of aryl methyl sites for hydroxylation is 1. The summed E-state index contributed by atoms with van der Waals surface area (Å²) in [7, 11) is 0. The van der Waals surface area contributed by atoms with Crippen molar-refractivity contribution in [3.63, 3.8) is 0 Å². The molecule has 3 N–H and O–H groups in total. The molecule has 9 heteroatoms. The highest BCUT2D eigenvalue weighted by atomic mass is 16.7. The van der Waals surface area contributed by atoms with Crippen LogP contribution in [0.25, 0.3) is 0 Å². The molecular weight excluding hydrogens is 496 g/mol. The average molecular weight is 537 g/mol. The Bertz CT molecular complexity index is 1250. The van der Waals surface area contributed by atoms with Crippen LogP contribution in [0.15, 0.2) is 65.5 Å². The van der Waals surface area contributed by atoms with E-state index in [2.05, 4.69) is 10.5 Å². The van der Waals surface area contributed by atoms with Crippen molar-refractivity contribution >= 4 is 11.8 Å². The van der Waals surface area contributed by atoms with Gasteiger partial charge < -0.3 is 10.1 Å². The van der Waals surface area contributed by atoms with E-state index in [1.54, 1.807) is 0 Å². The monoisotopic (exact) mass is 536 g/mol. The minimum absolute atomic E-state index is 0.110. The molecule has 3 rings (SSSR count). The molecule has 39 heavy (non-hydrogen) atoms. The van der Waals surface area contributed by atoms with Crippen LogP contribution in [-0.2, 0) is 27.5 Å². The summed E-state index contributed by atoms with van der Waals surface area (Å²) in [6, 6.07) is 18.1. The SMILES string of the molecule is CC(C)CCC(=O)N([C@@H](CCCc1ccccc1)C(=O)NOCc1ccccc1)n1c(O)c(C(C)C)[nH]c1=O. The summed E-state index contributed by atoms with van der Waals surface area (Å²) in [5, 5.41) is 12.1. The molecule has 210 valence electrons. The van der Waals surface area contributed by atoms with Gasteiger partial charge in [-0.3, -0.25) is 14.4 Å². The fraction of sp³-hybridized carbons (Fsp3) is 0.433. The Morgan fingerprint density at radius 2 is 1.59 bits per heavy atom. The van der Waals surface area contributed by atoms with Gasteiger partial charge in [-0.05, 0) is 48.6 Å². The second-order valence-electron chi connectivity index (χ2n) is 10.4. The van der Waals surface area contributed by atoms with Crippen LogP contribution in [0.3, 0.4) is 0 Å². The smallest absolute Gasteiger partial charge is 0.348 e. The van der Waals surface area contributed by atoms with E-state index in [0.717, 1.165) is 20.8 Å². The third-order valence-corrected chi connectivity index (χ3v) is 6.50. The highest BCUT2D eigenvalue weighted by molar-refractivity contribution is 5.95. The molecule has 0 saturated carbocycles. The lowest BCUT2D eigenvalue weighted by atomic mass is 10.0. The number of hydrogen-bond donors (Lipinski definition) is 3. The molecule has 0 aliphatic heterocycles. The summed E-state index contributed by atoms with van der Waals surface area (Å²) in [6.45, 7) is 7.77. The fourth-order valence-electron chi connectivity index (χ4n) is 4.33. The van der Waals surface area contributed by atoms with Gasteiger partial charge in [-0.15, -0.1) is 0 Å². The largest absolute Gasteiger partial charge is 0.492 e. The number of carbonyl (C=O) groups excluding carboxylic acids is 2. The van der Waals surface area contributed by atoms with Crippen LogP contribution < -0.4 is 16.2 Å². The van der Waals surface area contributed by atoms with E-state index in [1.807, 2.05) is 88.4 Å².